The van der Waals surface area contributed by atoms with Gasteiger partial charge in [-0.1, -0.05) is 88.7 Å². The molecule has 28 heavy (non-hydrogen) atoms. The maximum absolute atomic E-state index is 13.1. The number of halogens is 1. The van der Waals surface area contributed by atoms with E-state index in [1.807, 2.05) is 84.9 Å². The highest BCUT2D eigenvalue weighted by molar-refractivity contribution is 9.10. The summed E-state index contributed by atoms with van der Waals surface area (Å²) in [5.74, 6) is -1.97. The van der Waals surface area contributed by atoms with Crippen LogP contribution in [0.4, 0.5) is 0 Å². The molecule has 1 amide bonds. The van der Waals surface area contributed by atoms with Gasteiger partial charge in [-0.3, -0.25) is 4.79 Å². The zero-order valence-electron chi connectivity index (χ0n) is 15.1. The number of carbonyl (C=O) groups excluding carboxylic acids is 1. The van der Waals surface area contributed by atoms with Crippen molar-refractivity contribution in [1.29, 1.82) is 0 Å². The maximum Gasteiger partial charge on any atom is 0.326 e. The summed E-state index contributed by atoms with van der Waals surface area (Å²) >= 11 is 3.39. The predicted octanol–water partition coefficient (Wildman–Crippen LogP) is 4.39. The first-order chi connectivity index (χ1) is 13.5. The molecule has 142 valence electrons. The number of amides is 1. The third-order valence-corrected chi connectivity index (χ3v) is 4.96. The Hall–Kier alpha value is -2.92. The van der Waals surface area contributed by atoms with Crippen molar-refractivity contribution in [2.45, 2.75) is 18.4 Å². The smallest absolute Gasteiger partial charge is 0.326 e. The van der Waals surface area contributed by atoms with Crippen LogP contribution in [-0.2, 0) is 16.0 Å². The van der Waals surface area contributed by atoms with Crippen molar-refractivity contribution in [3.05, 3.63) is 106 Å². The molecule has 0 aliphatic carbocycles. The van der Waals surface area contributed by atoms with Gasteiger partial charge in [0.2, 0.25) is 5.91 Å². The van der Waals surface area contributed by atoms with Crippen LogP contribution in [0.2, 0.25) is 0 Å². The molecule has 1 atom stereocenters. The van der Waals surface area contributed by atoms with Crippen LogP contribution in [-0.4, -0.2) is 23.0 Å². The second-order valence-corrected chi connectivity index (χ2v) is 7.40. The molecule has 0 heterocycles. The minimum atomic E-state index is -1.06. The molecule has 0 bridgehead atoms. The molecule has 0 unspecified atom stereocenters. The molecule has 0 fully saturated rings. The molecule has 0 aliphatic rings. The summed E-state index contributed by atoms with van der Waals surface area (Å²) in [6.07, 6.45) is 0.205. The lowest BCUT2D eigenvalue weighted by Gasteiger charge is -2.21. The van der Waals surface area contributed by atoms with Gasteiger partial charge in [0.25, 0.3) is 0 Å². The molecule has 0 saturated heterocycles. The molecule has 4 nitrogen and oxygen atoms in total. The van der Waals surface area contributed by atoms with Crippen LogP contribution in [0.15, 0.2) is 89.4 Å². The Kier molecular flexibility index (Phi) is 6.61. The number of rotatable bonds is 7. The van der Waals surface area contributed by atoms with Gasteiger partial charge in [0.05, 0.1) is 5.92 Å². The van der Waals surface area contributed by atoms with Crippen LogP contribution >= 0.6 is 15.9 Å². The quantitative estimate of drug-likeness (QED) is 0.575. The van der Waals surface area contributed by atoms with Gasteiger partial charge < -0.3 is 10.4 Å². The van der Waals surface area contributed by atoms with E-state index in [1.54, 1.807) is 0 Å². The average Bonchev–Trinajstić information content (AvgIpc) is 2.69. The van der Waals surface area contributed by atoms with Crippen LogP contribution in [0.3, 0.4) is 0 Å². The maximum atomic E-state index is 13.1. The summed E-state index contributed by atoms with van der Waals surface area (Å²) < 4.78 is 0.868. The van der Waals surface area contributed by atoms with Crippen molar-refractivity contribution in [2.24, 2.45) is 0 Å². The van der Waals surface area contributed by atoms with Gasteiger partial charge >= 0.3 is 5.97 Å². The molecule has 0 saturated carbocycles. The Morgan fingerprint density at radius 2 is 1.43 bits per heavy atom. The van der Waals surface area contributed by atoms with E-state index >= 15 is 0 Å². The fourth-order valence-corrected chi connectivity index (χ4v) is 3.59. The minimum absolute atomic E-state index is 0.205. The summed E-state index contributed by atoms with van der Waals surface area (Å²) in [5.41, 5.74) is 2.47. The van der Waals surface area contributed by atoms with E-state index in [-0.39, 0.29) is 12.3 Å². The molecule has 0 radical (unpaired) electrons. The molecule has 2 N–H and O–H groups in total. The second-order valence-electron chi connectivity index (χ2n) is 6.49. The highest BCUT2D eigenvalue weighted by Crippen LogP contribution is 2.25. The third-order valence-electron chi connectivity index (χ3n) is 4.47. The zero-order chi connectivity index (χ0) is 19.9. The van der Waals surface area contributed by atoms with E-state index in [0.717, 1.165) is 21.2 Å². The zero-order valence-corrected chi connectivity index (χ0v) is 16.7. The predicted molar refractivity (Wildman–Crippen MR) is 112 cm³/mol. The standard InChI is InChI=1S/C23H20BrNO3/c24-19-13-7-8-16(14-19)15-20(23(27)28)25-22(26)21(17-9-3-1-4-10-17)18-11-5-2-6-12-18/h1-14,20-21H,15H2,(H,25,26)(H,27,28)/t20-/m1/s1. The van der Waals surface area contributed by atoms with Crippen molar-refractivity contribution in [2.75, 3.05) is 0 Å². The van der Waals surface area contributed by atoms with Gasteiger partial charge in [0, 0.05) is 10.9 Å². The van der Waals surface area contributed by atoms with E-state index < -0.39 is 17.9 Å². The highest BCUT2D eigenvalue weighted by Gasteiger charge is 2.27. The summed E-state index contributed by atoms with van der Waals surface area (Å²) in [6.45, 7) is 0. The lowest BCUT2D eigenvalue weighted by molar-refractivity contribution is -0.141. The van der Waals surface area contributed by atoms with Gasteiger partial charge in [-0.25, -0.2) is 4.79 Å². The van der Waals surface area contributed by atoms with E-state index in [2.05, 4.69) is 21.2 Å². The number of carboxylic acid groups (broad SMARTS) is 1. The van der Waals surface area contributed by atoms with Crippen molar-refractivity contribution in [1.82, 2.24) is 5.32 Å². The molecule has 3 aromatic carbocycles. The molecular weight excluding hydrogens is 418 g/mol. The SMILES string of the molecule is O=C(N[C@H](Cc1cccc(Br)c1)C(=O)O)C(c1ccccc1)c1ccccc1. The van der Waals surface area contributed by atoms with Crippen LogP contribution in [0.1, 0.15) is 22.6 Å². The van der Waals surface area contributed by atoms with E-state index in [0.29, 0.717) is 0 Å². The average molecular weight is 438 g/mol. The fourth-order valence-electron chi connectivity index (χ4n) is 3.14. The number of aliphatic carboxylic acids is 1. The fraction of sp³-hybridized carbons (Fsp3) is 0.130. The summed E-state index contributed by atoms with van der Waals surface area (Å²) in [5, 5.41) is 12.4. The van der Waals surface area contributed by atoms with Crippen molar-refractivity contribution in [3.63, 3.8) is 0 Å². The van der Waals surface area contributed by atoms with Gasteiger partial charge in [0.1, 0.15) is 6.04 Å². The van der Waals surface area contributed by atoms with Crippen LogP contribution in [0.5, 0.6) is 0 Å². The normalized spacial score (nSPS) is 11.8. The Morgan fingerprint density at radius 3 is 1.93 bits per heavy atom. The van der Waals surface area contributed by atoms with Gasteiger partial charge in [-0.15, -0.1) is 0 Å². The Labute approximate surface area is 172 Å². The molecule has 0 aromatic heterocycles. The summed E-state index contributed by atoms with van der Waals surface area (Å²) in [4.78, 5) is 24.9. The minimum Gasteiger partial charge on any atom is -0.480 e. The second kappa shape index (κ2) is 9.33. The molecule has 3 rings (SSSR count). The van der Waals surface area contributed by atoms with E-state index in [9.17, 15) is 14.7 Å². The number of hydrogen-bond donors (Lipinski definition) is 2. The molecule has 0 aliphatic heterocycles. The van der Waals surface area contributed by atoms with Crippen LogP contribution in [0, 0.1) is 0 Å². The van der Waals surface area contributed by atoms with E-state index in [1.165, 1.54) is 0 Å². The largest absolute Gasteiger partial charge is 0.480 e. The Bertz CT molecular complexity index is 905. The number of carbonyl (C=O) groups is 2. The third kappa shape index (κ3) is 5.08. The molecule has 3 aromatic rings. The molecule has 5 heteroatoms. The van der Waals surface area contributed by atoms with Gasteiger partial charge in [-0.2, -0.15) is 0 Å². The first-order valence-corrected chi connectivity index (χ1v) is 9.71. The number of hydrogen-bond acceptors (Lipinski definition) is 2. The van der Waals surface area contributed by atoms with E-state index in [4.69, 9.17) is 0 Å². The Balaban J connectivity index is 1.86. The lowest BCUT2D eigenvalue weighted by Crippen LogP contribution is -2.44. The van der Waals surface area contributed by atoms with Crippen molar-refractivity contribution in [3.8, 4) is 0 Å². The van der Waals surface area contributed by atoms with Crippen LogP contribution < -0.4 is 5.32 Å². The van der Waals surface area contributed by atoms with Gasteiger partial charge in [-0.05, 0) is 28.8 Å². The number of carboxylic acids is 1. The number of nitrogens with one attached hydrogen (secondary N) is 1. The highest BCUT2D eigenvalue weighted by atomic mass is 79.9. The first kappa shape index (κ1) is 19.8. The number of benzene rings is 3. The van der Waals surface area contributed by atoms with Crippen molar-refractivity contribution >= 4 is 27.8 Å². The molecule has 0 spiro atoms. The van der Waals surface area contributed by atoms with Crippen LogP contribution in [0.25, 0.3) is 0 Å². The summed E-state index contributed by atoms with van der Waals surface area (Å²) in [7, 11) is 0. The Morgan fingerprint density at radius 1 is 0.857 bits per heavy atom. The topological polar surface area (TPSA) is 66.4 Å². The molecular formula is C23H20BrNO3. The van der Waals surface area contributed by atoms with Gasteiger partial charge in [0.15, 0.2) is 0 Å². The lowest BCUT2D eigenvalue weighted by atomic mass is 9.90. The first-order valence-electron chi connectivity index (χ1n) is 8.92. The summed E-state index contributed by atoms with van der Waals surface area (Å²) in [6, 6.07) is 25.2. The monoisotopic (exact) mass is 437 g/mol. The van der Waals surface area contributed by atoms with Crippen molar-refractivity contribution < 1.29 is 14.7 Å².